The van der Waals surface area contributed by atoms with Crippen LogP contribution in [0.2, 0.25) is 5.02 Å². The minimum atomic E-state index is -4.78. The van der Waals surface area contributed by atoms with Crippen molar-refractivity contribution in [2.24, 2.45) is 5.10 Å². The van der Waals surface area contributed by atoms with Crippen LogP contribution in [0, 0.1) is 0 Å². The van der Waals surface area contributed by atoms with Gasteiger partial charge < -0.3 is 10.1 Å². The molecular formula is C27H19BrClF6N3O3. The van der Waals surface area contributed by atoms with E-state index in [1.165, 1.54) is 6.92 Å². The number of amides is 2. The lowest BCUT2D eigenvalue weighted by atomic mass is 9.74. The van der Waals surface area contributed by atoms with Crippen LogP contribution >= 0.6 is 27.5 Å². The fourth-order valence-corrected chi connectivity index (χ4v) is 4.83. The van der Waals surface area contributed by atoms with Crippen molar-refractivity contribution in [3.63, 3.8) is 0 Å². The highest BCUT2D eigenvalue weighted by molar-refractivity contribution is 9.10. The SMILES string of the molecule is CCOC(=O)C1(c2ccc(C(F)(F)F)cc2)CN(C(=O)Nc2ccc(Br)cc2)N=C1c1ccc(C(F)(F)F)c(Cl)c1. The van der Waals surface area contributed by atoms with Crippen LogP contribution < -0.4 is 5.32 Å². The highest BCUT2D eigenvalue weighted by Crippen LogP contribution is 2.41. The molecule has 3 aromatic rings. The van der Waals surface area contributed by atoms with Crippen molar-refractivity contribution in [3.8, 4) is 0 Å². The number of nitrogens with zero attached hydrogens (tertiary/aromatic N) is 2. The second-order valence-corrected chi connectivity index (χ2v) is 10.2. The Balaban J connectivity index is 1.88. The Hall–Kier alpha value is -3.58. The largest absolute Gasteiger partial charge is 0.465 e. The Morgan fingerprint density at radius 3 is 2.17 bits per heavy atom. The summed E-state index contributed by atoms with van der Waals surface area (Å²) in [5, 5.41) is 7.02. The number of halogens is 8. The molecule has 216 valence electrons. The summed E-state index contributed by atoms with van der Waals surface area (Å²) in [4.78, 5) is 26.8. The molecule has 41 heavy (non-hydrogen) atoms. The molecule has 0 saturated carbocycles. The number of ether oxygens (including phenoxy) is 1. The van der Waals surface area contributed by atoms with Crippen molar-refractivity contribution in [2.75, 3.05) is 18.5 Å². The van der Waals surface area contributed by atoms with Gasteiger partial charge in [0, 0.05) is 15.7 Å². The van der Waals surface area contributed by atoms with Gasteiger partial charge in [0.2, 0.25) is 0 Å². The molecule has 1 aliphatic heterocycles. The zero-order chi connectivity index (χ0) is 30.2. The molecule has 14 heteroatoms. The zero-order valence-electron chi connectivity index (χ0n) is 20.9. The number of carbonyl (C=O) groups is 2. The minimum Gasteiger partial charge on any atom is -0.465 e. The van der Waals surface area contributed by atoms with Crippen molar-refractivity contribution in [1.82, 2.24) is 5.01 Å². The quantitative estimate of drug-likeness (QED) is 0.223. The third-order valence-electron chi connectivity index (χ3n) is 6.22. The van der Waals surface area contributed by atoms with Gasteiger partial charge in [0.25, 0.3) is 0 Å². The van der Waals surface area contributed by atoms with Crippen LogP contribution in [0.3, 0.4) is 0 Å². The van der Waals surface area contributed by atoms with Crippen LogP contribution in [0.4, 0.5) is 36.8 Å². The molecule has 1 aliphatic rings. The molecule has 1 unspecified atom stereocenters. The van der Waals surface area contributed by atoms with Gasteiger partial charge in [-0.15, -0.1) is 0 Å². The summed E-state index contributed by atoms with van der Waals surface area (Å²) in [6.07, 6.45) is -9.46. The maximum Gasteiger partial charge on any atom is 0.417 e. The maximum absolute atomic E-state index is 13.6. The minimum absolute atomic E-state index is 0.0299. The number of alkyl halides is 6. The normalized spacial score (nSPS) is 17.3. The van der Waals surface area contributed by atoms with Crippen molar-refractivity contribution in [2.45, 2.75) is 24.7 Å². The standard InChI is InChI=1S/C27H19BrClF6N3O3/c1-2-41-23(39)25(16-4-6-17(7-5-16)26(30,31)32)14-38(24(40)36-19-10-8-18(28)9-11-19)37-22(25)15-3-12-20(21(29)13-15)27(33,34)35/h3-13H,2,14H2,1H3,(H,36,40). The summed E-state index contributed by atoms with van der Waals surface area (Å²) in [6.45, 7) is 0.817. The Morgan fingerprint density at radius 1 is 1.00 bits per heavy atom. The predicted molar refractivity (Wildman–Crippen MR) is 143 cm³/mol. The average molecular weight is 663 g/mol. The number of esters is 1. The fourth-order valence-electron chi connectivity index (χ4n) is 4.28. The molecule has 1 atom stereocenters. The van der Waals surface area contributed by atoms with Crippen molar-refractivity contribution >= 4 is 50.9 Å². The third-order valence-corrected chi connectivity index (χ3v) is 7.06. The smallest absolute Gasteiger partial charge is 0.417 e. The second kappa shape index (κ2) is 11.4. The maximum atomic E-state index is 13.6. The number of hydrogen-bond donors (Lipinski definition) is 1. The van der Waals surface area contributed by atoms with E-state index in [-0.39, 0.29) is 23.4 Å². The van der Waals surface area contributed by atoms with Crippen LogP contribution in [0.5, 0.6) is 0 Å². The lowest BCUT2D eigenvalue weighted by molar-refractivity contribution is -0.147. The molecule has 0 spiro atoms. The monoisotopic (exact) mass is 661 g/mol. The predicted octanol–water partition coefficient (Wildman–Crippen LogP) is 7.89. The molecule has 3 aromatic carbocycles. The molecule has 0 bridgehead atoms. The Bertz CT molecular complexity index is 1490. The summed E-state index contributed by atoms with van der Waals surface area (Å²) in [5.41, 5.74) is -4.15. The number of anilines is 1. The topological polar surface area (TPSA) is 71.0 Å². The van der Waals surface area contributed by atoms with E-state index in [1.807, 2.05) is 0 Å². The van der Waals surface area contributed by atoms with Crippen LogP contribution in [0.15, 0.2) is 76.3 Å². The summed E-state index contributed by atoms with van der Waals surface area (Å²) in [5.74, 6) is -0.978. The van der Waals surface area contributed by atoms with Crippen LogP contribution in [0.25, 0.3) is 0 Å². The van der Waals surface area contributed by atoms with Gasteiger partial charge >= 0.3 is 24.4 Å². The number of benzene rings is 3. The van der Waals surface area contributed by atoms with Gasteiger partial charge in [0.15, 0.2) is 5.41 Å². The molecule has 2 amide bonds. The number of rotatable bonds is 5. The first-order valence-corrected chi connectivity index (χ1v) is 13.0. The van der Waals surface area contributed by atoms with E-state index in [2.05, 4.69) is 26.3 Å². The van der Waals surface area contributed by atoms with E-state index in [4.69, 9.17) is 16.3 Å². The first kappa shape index (κ1) is 30.4. The lowest BCUT2D eigenvalue weighted by Gasteiger charge is -2.29. The fraction of sp³-hybridized carbons (Fsp3) is 0.222. The number of hydrazone groups is 1. The first-order chi connectivity index (χ1) is 19.2. The lowest BCUT2D eigenvalue weighted by Crippen LogP contribution is -2.48. The summed E-state index contributed by atoms with van der Waals surface area (Å²) < 4.78 is 86.1. The molecule has 0 aliphatic carbocycles. The molecule has 1 N–H and O–H groups in total. The van der Waals surface area contributed by atoms with Crippen LogP contribution in [-0.4, -0.2) is 35.9 Å². The van der Waals surface area contributed by atoms with E-state index in [9.17, 15) is 35.9 Å². The number of nitrogens with one attached hydrogen (secondary N) is 1. The zero-order valence-corrected chi connectivity index (χ0v) is 23.2. The summed E-state index contributed by atoms with van der Waals surface area (Å²) >= 11 is 9.22. The molecular weight excluding hydrogens is 644 g/mol. The first-order valence-electron chi connectivity index (χ1n) is 11.8. The second-order valence-electron chi connectivity index (χ2n) is 8.84. The van der Waals surface area contributed by atoms with E-state index in [1.54, 1.807) is 24.3 Å². The van der Waals surface area contributed by atoms with Gasteiger partial charge in [-0.3, -0.25) is 4.79 Å². The van der Waals surface area contributed by atoms with Gasteiger partial charge in [-0.1, -0.05) is 45.7 Å². The summed E-state index contributed by atoms with van der Waals surface area (Å²) in [7, 11) is 0. The third kappa shape index (κ3) is 6.20. The molecule has 6 nitrogen and oxygen atoms in total. The van der Waals surface area contributed by atoms with Gasteiger partial charge in [-0.05, 0) is 61.0 Å². The molecule has 1 heterocycles. The van der Waals surface area contributed by atoms with Crippen molar-refractivity contribution in [3.05, 3.63) is 98.5 Å². The van der Waals surface area contributed by atoms with Gasteiger partial charge in [-0.2, -0.15) is 31.4 Å². The van der Waals surface area contributed by atoms with E-state index in [0.29, 0.717) is 11.8 Å². The highest BCUT2D eigenvalue weighted by atomic mass is 79.9. The molecule has 0 saturated heterocycles. The summed E-state index contributed by atoms with van der Waals surface area (Å²) in [6, 6.07) is 11.9. The van der Waals surface area contributed by atoms with Gasteiger partial charge in [0.05, 0.1) is 35.0 Å². The van der Waals surface area contributed by atoms with Crippen LogP contribution in [0.1, 0.15) is 29.2 Å². The van der Waals surface area contributed by atoms with E-state index >= 15 is 0 Å². The molecule has 4 rings (SSSR count). The van der Waals surface area contributed by atoms with E-state index < -0.39 is 52.5 Å². The average Bonchev–Trinajstić information content (AvgIpc) is 3.31. The van der Waals surface area contributed by atoms with E-state index in [0.717, 1.165) is 45.9 Å². The molecule has 0 radical (unpaired) electrons. The number of carbonyl (C=O) groups excluding carboxylic acids is 2. The van der Waals surface area contributed by atoms with Crippen molar-refractivity contribution in [1.29, 1.82) is 0 Å². The number of hydrogen-bond acceptors (Lipinski definition) is 4. The molecule has 0 fully saturated rings. The van der Waals surface area contributed by atoms with Gasteiger partial charge in [-0.25, -0.2) is 9.80 Å². The molecule has 0 aromatic heterocycles. The number of urea groups is 1. The van der Waals surface area contributed by atoms with Gasteiger partial charge in [0.1, 0.15) is 0 Å². The Labute approximate surface area is 243 Å². The Kier molecular flexibility index (Phi) is 8.42. The Morgan fingerprint density at radius 2 is 1.63 bits per heavy atom. The van der Waals surface area contributed by atoms with Crippen molar-refractivity contribution < 1.29 is 40.7 Å². The highest BCUT2D eigenvalue weighted by Gasteiger charge is 2.54. The van der Waals surface area contributed by atoms with Crippen LogP contribution in [-0.2, 0) is 27.3 Å².